The summed E-state index contributed by atoms with van der Waals surface area (Å²) in [5.74, 6) is 1.01. The van der Waals surface area contributed by atoms with Gasteiger partial charge >= 0.3 is 0 Å². The predicted octanol–water partition coefficient (Wildman–Crippen LogP) is -3.01. The lowest BCUT2D eigenvalue weighted by Gasteiger charge is -1.72. The SMILES string of the molecule is CCC(N)=[NH2+].CCC(N)=[NH2+].CCC([NH3+])=S. The third kappa shape index (κ3) is 63.0. The van der Waals surface area contributed by atoms with Gasteiger partial charge in [-0.1, -0.05) is 20.8 Å². The molecule has 90 valence electrons. The molecular formula is C9H26N5S+3. The third-order valence-electron chi connectivity index (χ3n) is 1.21. The number of nitrogens with two attached hydrogens (primary N) is 4. The smallest absolute Gasteiger partial charge is 0.237 e. The third-order valence-corrected chi connectivity index (χ3v) is 1.50. The van der Waals surface area contributed by atoms with Gasteiger partial charge < -0.3 is 5.73 Å². The maximum Gasteiger partial charge on any atom is 0.237 e. The van der Waals surface area contributed by atoms with Crippen LogP contribution in [-0.4, -0.2) is 16.7 Å². The standard InChI is InChI=1S/2C3H8N2.C3H7NS/c3*1-2-3(4)5/h2*2H2,1H3,(H3,4,5);2H2,1H3,(H2,4,5)/p+3. The molecule has 0 atom stereocenters. The predicted molar refractivity (Wildman–Crippen MR) is 68.6 cm³/mol. The van der Waals surface area contributed by atoms with Gasteiger partial charge in [-0.2, -0.15) is 0 Å². The molecule has 6 heteroatoms. The van der Waals surface area contributed by atoms with Crippen LogP contribution in [0.5, 0.6) is 0 Å². The molecule has 5 nitrogen and oxygen atoms in total. The molecule has 0 rings (SSSR count). The fourth-order valence-corrected chi connectivity index (χ4v) is 0. The highest BCUT2D eigenvalue weighted by molar-refractivity contribution is 7.79. The molecule has 0 saturated heterocycles. The van der Waals surface area contributed by atoms with Crippen LogP contribution in [0, 0.1) is 0 Å². The number of hydrogen-bond donors (Lipinski definition) is 5. The Hall–Kier alpha value is -1.01. The van der Waals surface area contributed by atoms with Crippen molar-refractivity contribution in [1.82, 2.24) is 0 Å². The fraction of sp³-hybridized carbons (Fsp3) is 0.667. The molecule has 0 unspecified atom stereocenters. The molecule has 15 heavy (non-hydrogen) atoms. The molecule has 0 bridgehead atoms. The Morgan fingerprint density at radius 3 is 1.13 bits per heavy atom. The topological polar surface area (TPSA) is 131 Å². The molecule has 0 aliphatic rings. The van der Waals surface area contributed by atoms with E-state index in [9.17, 15) is 0 Å². The summed E-state index contributed by atoms with van der Waals surface area (Å²) in [6.45, 7) is 5.82. The van der Waals surface area contributed by atoms with E-state index in [0.29, 0.717) is 11.7 Å². The van der Waals surface area contributed by atoms with Crippen LogP contribution in [0.15, 0.2) is 0 Å². The van der Waals surface area contributed by atoms with Crippen LogP contribution in [-0.2, 0) is 0 Å². The first-order chi connectivity index (χ1) is 6.81. The van der Waals surface area contributed by atoms with Crippen LogP contribution in [0.3, 0.4) is 0 Å². The molecule has 0 aromatic rings. The first-order valence-corrected chi connectivity index (χ1v) is 5.30. The summed E-state index contributed by atoms with van der Waals surface area (Å²) in [5.41, 5.74) is 13.5. The molecule has 0 heterocycles. The molecule has 0 fully saturated rings. The van der Waals surface area contributed by atoms with Crippen molar-refractivity contribution in [2.75, 3.05) is 0 Å². The first kappa shape index (κ1) is 19.5. The second kappa shape index (κ2) is 15.5. The van der Waals surface area contributed by atoms with E-state index in [-0.39, 0.29) is 0 Å². The zero-order chi connectivity index (χ0) is 12.9. The normalized spacial score (nSPS) is 7.47. The van der Waals surface area contributed by atoms with Crippen molar-refractivity contribution < 1.29 is 16.6 Å². The van der Waals surface area contributed by atoms with Gasteiger partial charge in [-0.3, -0.25) is 22.3 Å². The Labute approximate surface area is 97.4 Å². The van der Waals surface area contributed by atoms with E-state index >= 15 is 0 Å². The van der Waals surface area contributed by atoms with Gasteiger partial charge in [0.05, 0.1) is 0 Å². The molecule has 0 aliphatic carbocycles. The van der Waals surface area contributed by atoms with Gasteiger partial charge in [-0.25, -0.2) is 0 Å². The minimum atomic E-state index is 0.505. The number of amidine groups is 2. The Morgan fingerprint density at radius 2 is 1.13 bits per heavy atom. The van der Waals surface area contributed by atoms with E-state index in [1.54, 1.807) is 0 Å². The lowest BCUT2D eigenvalue weighted by Crippen LogP contribution is -2.55. The second-order valence-corrected chi connectivity index (χ2v) is 3.33. The van der Waals surface area contributed by atoms with Crippen molar-refractivity contribution in [3.63, 3.8) is 0 Å². The van der Waals surface area contributed by atoms with E-state index in [4.69, 9.17) is 22.3 Å². The Kier molecular flexibility index (Phi) is 20.1. The van der Waals surface area contributed by atoms with E-state index in [2.05, 4.69) is 18.0 Å². The maximum absolute atomic E-state index is 4.99. The van der Waals surface area contributed by atoms with Crippen molar-refractivity contribution in [2.24, 2.45) is 11.5 Å². The monoisotopic (exact) mass is 236 g/mol. The minimum Gasteiger partial charge on any atom is -0.319 e. The molecule has 0 amide bonds. The van der Waals surface area contributed by atoms with Crippen molar-refractivity contribution in [2.45, 2.75) is 40.0 Å². The van der Waals surface area contributed by atoms with Crippen LogP contribution >= 0.6 is 12.2 Å². The highest BCUT2D eigenvalue weighted by Crippen LogP contribution is 1.66. The van der Waals surface area contributed by atoms with Crippen LogP contribution in [0.1, 0.15) is 40.0 Å². The molecule has 0 saturated carbocycles. The summed E-state index contributed by atoms with van der Waals surface area (Å²) < 4.78 is 0. The number of quaternary nitrogens is 1. The number of hydrogen-bond acceptors (Lipinski definition) is 1. The highest BCUT2D eigenvalue weighted by atomic mass is 32.1. The summed E-state index contributed by atoms with van der Waals surface area (Å²) >= 11 is 4.59. The maximum atomic E-state index is 4.99. The van der Waals surface area contributed by atoms with E-state index in [1.807, 2.05) is 20.8 Å². The van der Waals surface area contributed by atoms with Crippen LogP contribution in [0.4, 0.5) is 0 Å². The van der Waals surface area contributed by atoms with Crippen LogP contribution in [0.25, 0.3) is 0 Å². The minimum absolute atomic E-state index is 0.505. The summed E-state index contributed by atoms with van der Waals surface area (Å²) in [6, 6.07) is 0. The molecule has 0 aromatic heterocycles. The molecule has 0 radical (unpaired) electrons. The summed E-state index contributed by atoms with van der Waals surface area (Å²) in [7, 11) is 0. The summed E-state index contributed by atoms with van der Waals surface area (Å²) in [5, 5.41) is 9.97. The van der Waals surface area contributed by atoms with Gasteiger partial charge in [0.1, 0.15) is 0 Å². The Bertz CT molecular complexity index is 158. The van der Waals surface area contributed by atoms with Crippen molar-refractivity contribution in [3.05, 3.63) is 0 Å². The number of rotatable bonds is 3. The summed E-state index contributed by atoms with van der Waals surface area (Å²) in [6.07, 6.45) is 2.48. The van der Waals surface area contributed by atoms with Gasteiger partial charge in [-0.15, -0.1) is 0 Å². The largest absolute Gasteiger partial charge is 0.319 e. The fourth-order valence-electron chi connectivity index (χ4n) is 0. The molecule has 0 aliphatic heterocycles. The Balaban J connectivity index is -0.000000144. The van der Waals surface area contributed by atoms with Crippen molar-refractivity contribution >= 4 is 28.9 Å². The number of thiocarbonyl (C=S) groups is 1. The average molecular weight is 236 g/mol. The molecule has 11 N–H and O–H groups in total. The van der Waals surface area contributed by atoms with E-state index < -0.39 is 0 Å². The van der Waals surface area contributed by atoms with Crippen LogP contribution < -0.4 is 28.0 Å². The quantitative estimate of drug-likeness (QED) is 0.203. The zero-order valence-corrected chi connectivity index (χ0v) is 10.9. The summed E-state index contributed by atoms with van der Waals surface area (Å²) in [4.78, 5) is 0.838. The van der Waals surface area contributed by atoms with E-state index in [0.717, 1.165) is 24.3 Å². The van der Waals surface area contributed by atoms with E-state index in [1.165, 1.54) is 0 Å². The second-order valence-electron chi connectivity index (χ2n) is 2.75. The first-order valence-electron chi connectivity index (χ1n) is 4.89. The van der Waals surface area contributed by atoms with Gasteiger partial charge in [0.15, 0.2) is 4.99 Å². The van der Waals surface area contributed by atoms with Crippen molar-refractivity contribution in [1.29, 1.82) is 0 Å². The molecular weight excluding hydrogens is 210 g/mol. The highest BCUT2D eigenvalue weighted by Gasteiger charge is 1.80. The molecule has 0 aromatic carbocycles. The van der Waals surface area contributed by atoms with Crippen LogP contribution in [0.2, 0.25) is 0 Å². The van der Waals surface area contributed by atoms with Crippen molar-refractivity contribution in [3.8, 4) is 0 Å². The van der Waals surface area contributed by atoms with Gasteiger partial charge in [-0.05, 0) is 12.2 Å². The average Bonchev–Trinajstić information content (AvgIpc) is 2.19. The lowest BCUT2D eigenvalue weighted by molar-refractivity contribution is -0.211. The zero-order valence-electron chi connectivity index (χ0n) is 10.0. The Morgan fingerprint density at radius 1 is 1.00 bits per heavy atom. The van der Waals surface area contributed by atoms with Gasteiger partial charge in [0.25, 0.3) is 0 Å². The van der Waals surface area contributed by atoms with Gasteiger partial charge in [0.2, 0.25) is 11.7 Å². The lowest BCUT2D eigenvalue weighted by atomic mass is 10.5. The van der Waals surface area contributed by atoms with Gasteiger partial charge in [0, 0.05) is 19.3 Å². The molecule has 0 spiro atoms.